The highest BCUT2D eigenvalue weighted by Crippen LogP contribution is 2.28. The van der Waals surface area contributed by atoms with Gasteiger partial charge in [0.1, 0.15) is 16.1 Å². The molecule has 0 aliphatic heterocycles. The van der Waals surface area contributed by atoms with Crippen LogP contribution in [0.5, 0.6) is 0 Å². The van der Waals surface area contributed by atoms with Crippen molar-refractivity contribution in [2.24, 2.45) is 0 Å². The Balaban J connectivity index is 2.70. The molecule has 0 saturated heterocycles. The summed E-state index contributed by atoms with van der Waals surface area (Å²) in [6.07, 6.45) is 0. The van der Waals surface area contributed by atoms with Crippen molar-refractivity contribution >= 4 is 27.5 Å². The van der Waals surface area contributed by atoms with Gasteiger partial charge in [-0.25, -0.2) is 9.37 Å². The van der Waals surface area contributed by atoms with Gasteiger partial charge < -0.3 is 4.98 Å². The smallest absolute Gasteiger partial charge is 0.265 e. The maximum Gasteiger partial charge on any atom is 0.265 e. The summed E-state index contributed by atoms with van der Waals surface area (Å²) in [5, 5.41) is 0.253. The zero-order valence-electron chi connectivity index (χ0n) is 11.2. The van der Waals surface area contributed by atoms with Gasteiger partial charge in [-0.05, 0) is 34.1 Å². The van der Waals surface area contributed by atoms with Gasteiger partial charge in [-0.2, -0.15) is 0 Å². The zero-order valence-corrected chi connectivity index (χ0v) is 13.6. The highest BCUT2D eigenvalue weighted by atomic mass is 79.9. The molecule has 0 aliphatic rings. The first-order chi connectivity index (χ1) is 9.18. The fourth-order valence-electron chi connectivity index (χ4n) is 1.78. The molecule has 0 saturated carbocycles. The fraction of sp³-hybridized carbons (Fsp3) is 0.286. The van der Waals surface area contributed by atoms with Crippen molar-refractivity contribution in [2.45, 2.75) is 26.2 Å². The van der Waals surface area contributed by atoms with Gasteiger partial charge in [-0.1, -0.05) is 32.4 Å². The van der Waals surface area contributed by atoms with Gasteiger partial charge >= 0.3 is 0 Å². The molecule has 1 heterocycles. The summed E-state index contributed by atoms with van der Waals surface area (Å²) in [4.78, 5) is 19.0. The summed E-state index contributed by atoms with van der Waals surface area (Å²) >= 11 is 9.08. The SMILES string of the molecule is CC(C)(C)c1nc(-c2cc(F)cc(Cl)c2)[nH]c(=O)c1Br. The predicted molar refractivity (Wildman–Crippen MR) is 81.7 cm³/mol. The summed E-state index contributed by atoms with van der Waals surface area (Å²) in [7, 11) is 0. The normalized spacial score (nSPS) is 11.7. The molecule has 1 aromatic carbocycles. The first kappa shape index (κ1) is 15.2. The number of rotatable bonds is 1. The van der Waals surface area contributed by atoms with Crippen molar-refractivity contribution in [2.75, 3.05) is 0 Å². The first-order valence-electron chi connectivity index (χ1n) is 5.95. The minimum atomic E-state index is -0.477. The molecule has 2 aromatic rings. The van der Waals surface area contributed by atoms with Crippen molar-refractivity contribution in [1.82, 2.24) is 9.97 Å². The van der Waals surface area contributed by atoms with Crippen LogP contribution in [0.25, 0.3) is 11.4 Å². The number of halogens is 3. The Labute approximate surface area is 129 Å². The zero-order chi connectivity index (χ0) is 15.1. The molecule has 0 aliphatic carbocycles. The van der Waals surface area contributed by atoms with E-state index in [4.69, 9.17) is 11.6 Å². The summed E-state index contributed by atoms with van der Waals surface area (Å²) in [5.41, 5.74) is 0.418. The molecule has 3 nitrogen and oxygen atoms in total. The molecule has 2 rings (SSSR count). The van der Waals surface area contributed by atoms with Gasteiger partial charge in [0, 0.05) is 16.0 Å². The van der Waals surface area contributed by atoms with Crippen LogP contribution in [0.4, 0.5) is 4.39 Å². The lowest BCUT2D eigenvalue weighted by molar-refractivity contribution is 0.562. The van der Waals surface area contributed by atoms with Crippen LogP contribution < -0.4 is 5.56 Å². The average molecular weight is 360 g/mol. The molecule has 0 bridgehead atoms. The maximum atomic E-state index is 13.4. The number of benzene rings is 1. The number of nitrogens with zero attached hydrogens (tertiary/aromatic N) is 1. The Kier molecular flexibility index (Phi) is 4.02. The molecule has 106 valence electrons. The standard InChI is InChI=1S/C14H13BrClFN2O/c1-14(2,3)11-10(15)13(20)19-12(18-11)7-4-8(16)6-9(17)5-7/h4-6H,1-3H3,(H,18,19,20). The second-order valence-electron chi connectivity index (χ2n) is 5.49. The molecule has 0 fully saturated rings. The molecule has 0 spiro atoms. The molecule has 1 N–H and O–H groups in total. The second kappa shape index (κ2) is 5.30. The summed E-state index contributed by atoms with van der Waals surface area (Å²) in [5.74, 6) is -0.181. The monoisotopic (exact) mass is 358 g/mol. The molecule has 1 aromatic heterocycles. The fourth-order valence-corrected chi connectivity index (χ4v) is 2.79. The third-order valence-corrected chi connectivity index (χ3v) is 3.66. The Morgan fingerprint density at radius 1 is 1.30 bits per heavy atom. The van der Waals surface area contributed by atoms with Crippen LogP contribution in [0.1, 0.15) is 26.5 Å². The van der Waals surface area contributed by atoms with Gasteiger partial charge in [0.25, 0.3) is 5.56 Å². The highest BCUT2D eigenvalue weighted by Gasteiger charge is 2.22. The van der Waals surface area contributed by atoms with E-state index in [9.17, 15) is 9.18 Å². The molecule has 20 heavy (non-hydrogen) atoms. The third-order valence-electron chi connectivity index (χ3n) is 2.71. The Morgan fingerprint density at radius 3 is 2.50 bits per heavy atom. The Bertz CT molecular complexity index is 702. The molecule has 0 atom stereocenters. The van der Waals surface area contributed by atoms with Gasteiger partial charge in [0.15, 0.2) is 0 Å². The van der Waals surface area contributed by atoms with Crippen molar-refractivity contribution in [3.8, 4) is 11.4 Å². The molecule has 0 radical (unpaired) electrons. The van der Waals surface area contributed by atoms with Crippen LogP contribution in [-0.4, -0.2) is 9.97 Å². The molecule has 0 amide bonds. The van der Waals surface area contributed by atoms with Crippen molar-refractivity contribution in [3.63, 3.8) is 0 Å². The van der Waals surface area contributed by atoms with Crippen molar-refractivity contribution in [3.05, 3.63) is 49.6 Å². The van der Waals surface area contributed by atoms with Gasteiger partial charge in [-0.15, -0.1) is 0 Å². The number of aromatic amines is 1. The summed E-state index contributed by atoms with van der Waals surface area (Å²) in [6, 6.07) is 4.04. The van der Waals surface area contributed by atoms with Gasteiger partial charge in [-0.3, -0.25) is 4.79 Å². The molecule has 6 heteroatoms. The van der Waals surface area contributed by atoms with Crippen molar-refractivity contribution < 1.29 is 4.39 Å². The third kappa shape index (κ3) is 3.10. The van der Waals surface area contributed by atoms with E-state index in [0.29, 0.717) is 21.6 Å². The van der Waals surface area contributed by atoms with E-state index in [2.05, 4.69) is 25.9 Å². The highest BCUT2D eigenvalue weighted by molar-refractivity contribution is 9.10. The quantitative estimate of drug-likeness (QED) is 0.825. The van der Waals surface area contributed by atoms with Crippen LogP contribution >= 0.6 is 27.5 Å². The average Bonchev–Trinajstić information content (AvgIpc) is 2.29. The van der Waals surface area contributed by atoms with Gasteiger partial charge in [0.2, 0.25) is 0 Å². The van der Waals surface area contributed by atoms with Crippen LogP contribution in [0.3, 0.4) is 0 Å². The van der Waals surface area contributed by atoms with E-state index in [1.807, 2.05) is 20.8 Å². The molecular formula is C14H13BrClFN2O. The van der Waals surface area contributed by atoms with E-state index >= 15 is 0 Å². The van der Waals surface area contributed by atoms with Crippen LogP contribution in [0, 0.1) is 5.82 Å². The Morgan fingerprint density at radius 2 is 1.95 bits per heavy atom. The number of aromatic nitrogens is 2. The molecular weight excluding hydrogens is 347 g/mol. The van der Waals surface area contributed by atoms with E-state index in [1.165, 1.54) is 12.1 Å². The lowest BCUT2D eigenvalue weighted by Crippen LogP contribution is -2.22. The van der Waals surface area contributed by atoms with E-state index in [0.717, 1.165) is 0 Å². The summed E-state index contributed by atoms with van der Waals surface area (Å²) in [6.45, 7) is 5.84. The van der Waals surface area contributed by atoms with Crippen molar-refractivity contribution in [1.29, 1.82) is 0 Å². The summed E-state index contributed by atoms with van der Waals surface area (Å²) < 4.78 is 13.8. The minimum Gasteiger partial charge on any atom is -0.306 e. The predicted octanol–water partition coefficient (Wildman–Crippen LogP) is 4.29. The number of hydrogen-bond acceptors (Lipinski definition) is 2. The number of H-pyrrole nitrogens is 1. The van der Waals surface area contributed by atoms with E-state index in [-0.39, 0.29) is 16.0 Å². The number of nitrogens with one attached hydrogen (secondary N) is 1. The van der Waals surface area contributed by atoms with E-state index < -0.39 is 5.82 Å². The molecule has 0 unspecified atom stereocenters. The van der Waals surface area contributed by atoms with Crippen LogP contribution in [0.15, 0.2) is 27.5 Å². The first-order valence-corrected chi connectivity index (χ1v) is 7.12. The van der Waals surface area contributed by atoms with Crippen LogP contribution in [-0.2, 0) is 5.41 Å². The van der Waals surface area contributed by atoms with E-state index in [1.54, 1.807) is 6.07 Å². The number of hydrogen-bond donors (Lipinski definition) is 1. The Hall–Kier alpha value is -1.20. The lowest BCUT2D eigenvalue weighted by atomic mass is 9.92. The van der Waals surface area contributed by atoms with Crippen LogP contribution in [0.2, 0.25) is 5.02 Å². The lowest BCUT2D eigenvalue weighted by Gasteiger charge is -2.19. The minimum absolute atomic E-state index is 0.253. The van der Waals surface area contributed by atoms with Gasteiger partial charge in [0.05, 0.1) is 5.69 Å². The topological polar surface area (TPSA) is 45.8 Å². The maximum absolute atomic E-state index is 13.4. The largest absolute Gasteiger partial charge is 0.306 e. The second-order valence-corrected chi connectivity index (χ2v) is 6.71.